The normalized spacial score (nSPS) is 18.0. The smallest absolute Gasteiger partial charge is 0.0950 e. The third-order valence-electron chi connectivity index (χ3n) is 2.60. The van der Waals surface area contributed by atoms with Crippen LogP contribution in [0.3, 0.4) is 0 Å². The van der Waals surface area contributed by atoms with Gasteiger partial charge in [-0.3, -0.25) is 4.68 Å². The molecule has 4 nitrogen and oxygen atoms in total. The first kappa shape index (κ1) is 10.6. The second kappa shape index (κ2) is 4.77. The van der Waals surface area contributed by atoms with E-state index in [-0.39, 0.29) is 0 Å². The average molecular weight is 210 g/mol. The van der Waals surface area contributed by atoms with E-state index in [9.17, 15) is 5.11 Å². The second-order valence-corrected chi connectivity index (χ2v) is 4.20. The average Bonchev–Trinajstić information content (AvgIpc) is 2.90. The lowest BCUT2D eigenvalue weighted by atomic mass is 10.3. The summed E-state index contributed by atoms with van der Waals surface area (Å²) in [6.45, 7) is 4.08. The quantitative estimate of drug-likeness (QED) is 0.721. The summed E-state index contributed by atoms with van der Waals surface area (Å²) in [5.74, 6) is 0.815. The van der Waals surface area contributed by atoms with Crippen LogP contribution in [0.15, 0.2) is 12.3 Å². The molecule has 0 saturated heterocycles. The van der Waals surface area contributed by atoms with Gasteiger partial charge in [0.2, 0.25) is 0 Å². The summed E-state index contributed by atoms with van der Waals surface area (Å²) in [6, 6.07) is 1.84. The minimum atomic E-state index is -0.487. The van der Waals surface area contributed by atoms with Crippen LogP contribution in [0.4, 0.5) is 0 Å². The van der Waals surface area contributed by atoms with Crippen molar-refractivity contribution in [3.05, 3.63) is 18.0 Å². The molecular weight excluding hydrogens is 192 g/mol. The highest BCUT2D eigenvalue weighted by Gasteiger charge is 2.20. The summed E-state index contributed by atoms with van der Waals surface area (Å²) in [4.78, 5) is 0. The van der Waals surface area contributed by atoms with Crippen molar-refractivity contribution >= 4 is 0 Å². The molecule has 0 bridgehead atoms. The summed E-state index contributed by atoms with van der Waals surface area (Å²) in [7, 11) is 0. The Morgan fingerprint density at radius 2 is 2.47 bits per heavy atom. The van der Waals surface area contributed by atoms with Gasteiger partial charge in [0.25, 0.3) is 0 Å². The van der Waals surface area contributed by atoms with Crippen LogP contribution in [0, 0.1) is 5.92 Å². The fourth-order valence-electron chi connectivity index (χ4n) is 1.42. The maximum absolute atomic E-state index is 9.28. The van der Waals surface area contributed by atoms with E-state index in [1.54, 1.807) is 6.92 Å². The lowest BCUT2D eigenvalue weighted by Gasteiger charge is -2.03. The van der Waals surface area contributed by atoms with Crippen LogP contribution in [0.2, 0.25) is 0 Å². The zero-order chi connectivity index (χ0) is 10.7. The summed E-state index contributed by atoms with van der Waals surface area (Å²) in [6.07, 6.45) is 4.04. The Hall–Kier alpha value is -0.870. The van der Waals surface area contributed by atoms with Crippen LogP contribution in [-0.4, -0.2) is 28.1 Å². The van der Waals surface area contributed by atoms with Gasteiger partial charge in [-0.05, 0) is 31.7 Å². The van der Waals surface area contributed by atoms with Gasteiger partial charge in [-0.2, -0.15) is 5.10 Å². The van der Waals surface area contributed by atoms with Gasteiger partial charge in [-0.25, -0.2) is 0 Å². The predicted molar refractivity (Wildman–Crippen MR) is 56.4 cm³/mol. The van der Waals surface area contributed by atoms with Crippen LogP contribution in [-0.2, 0) is 11.3 Å². The molecule has 1 heterocycles. The highest BCUT2D eigenvalue weighted by molar-refractivity contribution is 5.01. The van der Waals surface area contributed by atoms with Crippen molar-refractivity contribution in [3.63, 3.8) is 0 Å². The van der Waals surface area contributed by atoms with Crippen LogP contribution in [0.1, 0.15) is 31.6 Å². The Morgan fingerprint density at radius 3 is 3.07 bits per heavy atom. The first-order chi connectivity index (χ1) is 7.25. The molecule has 1 fully saturated rings. The largest absolute Gasteiger partial charge is 0.387 e. The van der Waals surface area contributed by atoms with E-state index in [4.69, 9.17) is 4.74 Å². The molecule has 84 valence electrons. The van der Waals surface area contributed by atoms with Crippen molar-refractivity contribution < 1.29 is 9.84 Å². The maximum Gasteiger partial charge on any atom is 0.0950 e. The molecule has 0 aliphatic heterocycles. The van der Waals surface area contributed by atoms with E-state index >= 15 is 0 Å². The Balaban J connectivity index is 1.67. The minimum absolute atomic E-state index is 0.487. The second-order valence-electron chi connectivity index (χ2n) is 4.20. The zero-order valence-electron chi connectivity index (χ0n) is 9.09. The minimum Gasteiger partial charge on any atom is -0.387 e. The molecule has 15 heavy (non-hydrogen) atoms. The molecule has 1 aliphatic rings. The molecule has 0 aromatic carbocycles. The van der Waals surface area contributed by atoms with Gasteiger partial charge in [0.15, 0.2) is 0 Å². The van der Waals surface area contributed by atoms with Gasteiger partial charge in [0.05, 0.1) is 24.9 Å². The number of ether oxygens (including phenoxy) is 1. The fourth-order valence-corrected chi connectivity index (χ4v) is 1.42. The van der Waals surface area contributed by atoms with E-state index < -0.39 is 6.10 Å². The zero-order valence-corrected chi connectivity index (χ0v) is 9.09. The van der Waals surface area contributed by atoms with Gasteiger partial charge < -0.3 is 9.84 Å². The van der Waals surface area contributed by atoms with Crippen molar-refractivity contribution in [2.75, 3.05) is 13.2 Å². The number of hydrogen-bond donors (Lipinski definition) is 1. The molecule has 0 spiro atoms. The molecule has 0 unspecified atom stereocenters. The molecule has 0 amide bonds. The summed E-state index contributed by atoms with van der Waals surface area (Å²) in [5, 5.41) is 13.5. The highest BCUT2D eigenvalue weighted by atomic mass is 16.5. The third kappa shape index (κ3) is 3.32. The van der Waals surface area contributed by atoms with E-state index in [1.165, 1.54) is 12.8 Å². The van der Waals surface area contributed by atoms with Gasteiger partial charge in [-0.1, -0.05) is 0 Å². The Morgan fingerprint density at radius 1 is 1.67 bits per heavy atom. The molecule has 4 heteroatoms. The molecule has 2 rings (SSSR count). The van der Waals surface area contributed by atoms with Gasteiger partial charge >= 0.3 is 0 Å². The molecule has 0 radical (unpaired) electrons. The Labute approximate surface area is 89.9 Å². The van der Waals surface area contributed by atoms with E-state index in [0.717, 1.165) is 24.8 Å². The standard InChI is InChI=1S/C11H18N2O2/c1-9(14)11-4-5-13(12-11)6-7-15-8-10-2-3-10/h4-5,9-10,14H,2-3,6-8H2,1H3/t9-/m0/s1. The van der Waals surface area contributed by atoms with Crippen LogP contribution < -0.4 is 0 Å². The molecule has 1 saturated carbocycles. The molecule has 1 aromatic rings. The van der Waals surface area contributed by atoms with Gasteiger partial charge in [-0.15, -0.1) is 0 Å². The van der Waals surface area contributed by atoms with E-state index in [0.29, 0.717) is 6.61 Å². The monoisotopic (exact) mass is 210 g/mol. The Kier molecular flexibility index (Phi) is 3.38. The molecule has 1 N–H and O–H groups in total. The predicted octanol–water partition coefficient (Wildman–Crippen LogP) is 1.36. The number of aromatic nitrogens is 2. The van der Waals surface area contributed by atoms with E-state index in [1.807, 2.05) is 16.9 Å². The van der Waals surface area contributed by atoms with Crippen LogP contribution in [0.25, 0.3) is 0 Å². The topological polar surface area (TPSA) is 47.3 Å². The van der Waals surface area contributed by atoms with Crippen molar-refractivity contribution in [3.8, 4) is 0 Å². The number of aliphatic hydroxyl groups is 1. The molecule has 1 aliphatic carbocycles. The number of rotatable bonds is 6. The molecule has 1 atom stereocenters. The number of aliphatic hydroxyl groups excluding tert-OH is 1. The summed E-state index contributed by atoms with van der Waals surface area (Å²) < 4.78 is 7.32. The summed E-state index contributed by atoms with van der Waals surface area (Å²) >= 11 is 0. The van der Waals surface area contributed by atoms with Crippen LogP contribution in [0.5, 0.6) is 0 Å². The van der Waals surface area contributed by atoms with Crippen molar-refractivity contribution in [1.29, 1.82) is 0 Å². The van der Waals surface area contributed by atoms with E-state index in [2.05, 4.69) is 5.10 Å². The summed E-state index contributed by atoms with van der Waals surface area (Å²) in [5.41, 5.74) is 0.720. The first-order valence-electron chi connectivity index (χ1n) is 5.55. The van der Waals surface area contributed by atoms with Crippen LogP contribution >= 0.6 is 0 Å². The van der Waals surface area contributed by atoms with Crippen molar-refractivity contribution in [2.45, 2.75) is 32.4 Å². The molecular formula is C11H18N2O2. The number of nitrogens with zero attached hydrogens (tertiary/aromatic N) is 2. The fraction of sp³-hybridized carbons (Fsp3) is 0.727. The Bertz CT molecular complexity index is 305. The number of hydrogen-bond acceptors (Lipinski definition) is 3. The third-order valence-corrected chi connectivity index (χ3v) is 2.60. The SMILES string of the molecule is C[C@H](O)c1ccn(CCOCC2CC2)n1. The maximum atomic E-state index is 9.28. The molecule has 1 aromatic heterocycles. The first-order valence-corrected chi connectivity index (χ1v) is 5.55. The lowest BCUT2D eigenvalue weighted by molar-refractivity contribution is 0.114. The highest BCUT2D eigenvalue weighted by Crippen LogP contribution is 2.28. The lowest BCUT2D eigenvalue weighted by Crippen LogP contribution is -2.08. The van der Waals surface area contributed by atoms with Gasteiger partial charge in [0, 0.05) is 12.8 Å². The van der Waals surface area contributed by atoms with Crippen molar-refractivity contribution in [1.82, 2.24) is 9.78 Å². The van der Waals surface area contributed by atoms with Crippen molar-refractivity contribution in [2.24, 2.45) is 5.92 Å². The van der Waals surface area contributed by atoms with Gasteiger partial charge in [0.1, 0.15) is 0 Å².